The van der Waals surface area contributed by atoms with Gasteiger partial charge in [-0.2, -0.15) is 0 Å². The minimum atomic E-state index is -0.0785. The molecular weight excluding hydrogens is 318 g/mol. The summed E-state index contributed by atoms with van der Waals surface area (Å²) in [5, 5.41) is 3.06. The normalized spacial score (nSPS) is 18.3. The summed E-state index contributed by atoms with van der Waals surface area (Å²) < 4.78 is 11.1. The maximum Gasteiger partial charge on any atom is 0.251 e. The van der Waals surface area contributed by atoms with E-state index in [2.05, 4.69) is 36.0 Å². The Balaban J connectivity index is 1.79. The number of carbonyl (C=O) groups excluding carboxylic acids is 1. The standard InChI is InChI=1S/C19H31N3O3/c1-4-22(5-2)11-6-7-15(3)21-19(23)16-8-10-20-18(13-16)25-17-9-12-24-14-17/h8,10,13,15,17H,4-7,9,11-12,14H2,1-3H3,(H,21,23). The van der Waals surface area contributed by atoms with Gasteiger partial charge in [-0.15, -0.1) is 0 Å². The topological polar surface area (TPSA) is 63.7 Å². The van der Waals surface area contributed by atoms with Gasteiger partial charge >= 0.3 is 0 Å². The molecule has 1 saturated heterocycles. The fourth-order valence-electron chi connectivity index (χ4n) is 2.93. The Kier molecular flexibility index (Phi) is 8.15. The number of rotatable bonds is 10. The Labute approximate surface area is 150 Å². The molecule has 2 unspecified atom stereocenters. The predicted octanol–water partition coefficient (Wildman–Crippen LogP) is 2.49. The molecule has 0 radical (unpaired) electrons. The van der Waals surface area contributed by atoms with E-state index in [4.69, 9.17) is 9.47 Å². The van der Waals surface area contributed by atoms with Crippen LogP contribution < -0.4 is 10.1 Å². The van der Waals surface area contributed by atoms with E-state index >= 15 is 0 Å². The summed E-state index contributed by atoms with van der Waals surface area (Å²) in [7, 11) is 0. The number of nitrogens with zero attached hydrogens (tertiary/aromatic N) is 2. The predicted molar refractivity (Wildman–Crippen MR) is 98.0 cm³/mol. The quantitative estimate of drug-likeness (QED) is 0.703. The molecule has 2 atom stereocenters. The lowest BCUT2D eigenvalue weighted by Crippen LogP contribution is -2.33. The number of hydrogen-bond donors (Lipinski definition) is 1. The van der Waals surface area contributed by atoms with Crippen molar-refractivity contribution in [2.75, 3.05) is 32.8 Å². The highest BCUT2D eigenvalue weighted by atomic mass is 16.5. The van der Waals surface area contributed by atoms with E-state index in [0.717, 1.165) is 45.5 Å². The van der Waals surface area contributed by atoms with E-state index in [1.807, 2.05) is 0 Å². The zero-order valence-corrected chi connectivity index (χ0v) is 15.7. The second kappa shape index (κ2) is 10.4. The second-order valence-electron chi connectivity index (χ2n) is 6.53. The fraction of sp³-hybridized carbons (Fsp3) is 0.684. The van der Waals surface area contributed by atoms with Crippen molar-refractivity contribution >= 4 is 5.91 Å². The van der Waals surface area contributed by atoms with E-state index in [0.29, 0.717) is 18.1 Å². The molecule has 1 aliphatic rings. The monoisotopic (exact) mass is 349 g/mol. The van der Waals surface area contributed by atoms with Crippen molar-refractivity contribution in [1.82, 2.24) is 15.2 Å². The molecule has 6 nitrogen and oxygen atoms in total. The summed E-state index contributed by atoms with van der Waals surface area (Å²) in [5.74, 6) is 0.405. The minimum absolute atomic E-state index is 0.0322. The van der Waals surface area contributed by atoms with Crippen LogP contribution in [0, 0.1) is 0 Å². The molecule has 0 aromatic carbocycles. The molecule has 25 heavy (non-hydrogen) atoms. The Morgan fingerprint density at radius 2 is 2.28 bits per heavy atom. The lowest BCUT2D eigenvalue weighted by molar-refractivity contribution is 0.0935. The van der Waals surface area contributed by atoms with Crippen molar-refractivity contribution in [1.29, 1.82) is 0 Å². The molecule has 0 aliphatic carbocycles. The van der Waals surface area contributed by atoms with Gasteiger partial charge in [0.15, 0.2) is 0 Å². The molecule has 0 spiro atoms. The largest absolute Gasteiger partial charge is 0.472 e. The first-order valence-electron chi connectivity index (χ1n) is 9.36. The van der Waals surface area contributed by atoms with E-state index < -0.39 is 0 Å². The smallest absolute Gasteiger partial charge is 0.251 e. The number of hydrogen-bond acceptors (Lipinski definition) is 5. The van der Waals surface area contributed by atoms with Gasteiger partial charge in [-0.25, -0.2) is 4.98 Å². The van der Waals surface area contributed by atoms with Crippen LogP contribution in [0.1, 0.15) is 50.4 Å². The third-order valence-corrected chi connectivity index (χ3v) is 4.56. The van der Waals surface area contributed by atoms with Gasteiger partial charge in [0.05, 0.1) is 13.2 Å². The molecule has 1 aliphatic heterocycles. The molecule has 6 heteroatoms. The van der Waals surface area contributed by atoms with Gasteiger partial charge in [-0.05, 0) is 45.5 Å². The summed E-state index contributed by atoms with van der Waals surface area (Å²) in [4.78, 5) is 19.0. The van der Waals surface area contributed by atoms with Crippen molar-refractivity contribution in [2.24, 2.45) is 0 Å². The number of ether oxygens (including phenoxy) is 2. The lowest BCUT2D eigenvalue weighted by atomic mass is 10.1. The molecule has 0 bridgehead atoms. The molecule has 2 heterocycles. The van der Waals surface area contributed by atoms with Crippen molar-refractivity contribution < 1.29 is 14.3 Å². The highest BCUT2D eigenvalue weighted by molar-refractivity contribution is 5.94. The van der Waals surface area contributed by atoms with Crippen LogP contribution in [-0.4, -0.2) is 60.8 Å². The van der Waals surface area contributed by atoms with Gasteiger partial charge in [0, 0.05) is 30.3 Å². The number of nitrogens with one attached hydrogen (secondary N) is 1. The third kappa shape index (κ3) is 6.63. The summed E-state index contributed by atoms with van der Waals surface area (Å²) >= 11 is 0. The highest BCUT2D eigenvalue weighted by Crippen LogP contribution is 2.16. The minimum Gasteiger partial charge on any atom is -0.472 e. The van der Waals surface area contributed by atoms with E-state index in [1.165, 1.54) is 0 Å². The average molecular weight is 349 g/mol. The van der Waals surface area contributed by atoms with Crippen molar-refractivity contribution in [3.63, 3.8) is 0 Å². The molecule has 2 rings (SSSR count). The maximum absolute atomic E-state index is 12.4. The van der Waals surface area contributed by atoms with Crippen LogP contribution in [0.15, 0.2) is 18.3 Å². The number of aromatic nitrogens is 1. The first-order chi connectivity index (χ1) is 12.1. The Morgan fingerprint density at radius 3 is 2.96 bits per heavy atom. The molecule has 140 valence electrons. The van der Waals surface area contributed by atoms with Gasteiger partial charge in [-0.1, -0.05) is 13.8 Å². The van der Waals surface area contributed by atoms with Crippen LogP contribution in [0.2, 0.25) is 0 Å². The number of pyridine rings is 1. The fourth-order valence-corrected chi connectivity index (χ4v) is 2.93. The zero-order valence-electron chi connectivity index (χ0n) is 15.7. The summed E-state index contributed by atoms with van der Waals surface area (Å²) in [6, 6.07) is 3.57. The molecule has 1 aromatic rings. The van der Waals surface area contributed by atoms with Gasteiger partial charge in [0.25, 0.3) is 5.91 Å². The van der Waals surface area contributed by atoms with Gasteiger partial charge in [0.2, 0.25) is 5.88 Å². The third-order valence-electron chi connectivity index (χ3n) is 4.56. The molecule has 1 fully saturated rings. The van der Waals surface area contributed by atoms with Crippen molar-refractivity contribution in [3.8, 4) is 5.88 Å². The first kappa shape index (κ1) is 19.7. The summed E-state index contributed by atoms with van der Waals surface area (Å²) in [6.07, 6.45) is 4.56. The molecule has 0 saturated carbocycles. The lowest BCUT2D eigenvalue weighted by Gasteiger charge is -2.20. The molecular formula is C19H31N3O3. The first-order valence-corrected chi connectivity index (χ1v) is 9.36. The van der Waals surface area contributed by atoms with Crippen LogP contribution >= 0.6 is 0 Å². The van der Waals surface area contributed by atoms with E-state index in [-0.39, 0.29) is 18.1 Å². The van der Waals surface area contributed by atoms with Crippen molar-refractivity contribution in [2.45, 2.75) is 52.2 Å². The number of amides is 1. The maximum atomic E-state index is 12.4. The summed E-state index contributed by atoms with van der Waals surface area (Å²) in [6.45, 7) is 10.9. The highest BCUT2D eigenvalue weighted by Gasteiger charge is 2.18. The van der Waals surface area contributed by atoms with Crippen molar-refractivity contribution in [3.05, 3.63) is 23.9 Å². The Bertz CT molecular complexity index is 528. The Hall–Kier alpha value is -1.66. The molecule has 1 aromatic heterocycles. The van der Waals surface area contributed by atoms with Gasteiger partial charge in [0.1, 0.15) is 6.10 Å². The zero-order chi connectivity index (χ0) is 18.1. The van der Waals surface area contributed by atoms with Gasteiger partial charge < -0.3 is 19.7 Å². The Morgan fingerprint density at radius 1 is 1.48 bits per heavy atom. The summed E-state index contributed by atoms with van der Waals surface area (Å²) in [5.41, 5.74) is 0.583. The van der Waals surface area contributed by atoms with Crippen LogP contribution in [0.5, 0.6) is 5.88 Å². The second-order valence-corrected chi connectivity index (χ2v) is 6.53. The van der Waals surface area contributed by atoms with Gasteiger partial charge in [-0.3, -0.25) is 4.79 Å². The average Bonchev–Trinajstić information content (AvgIpc) is 3.12. The van der Waals surface area contributed by atoms with E-state index in [1.54, 1.807) is 18.3 Å². The van der Waals surface area contributed by atoms with Crippen LogP contribution in [0.3, 0.4) is 0 Å². The SMILES string of the molecule is CCN(CC)CCCC(C)NC(=O)c1ccnc(OC2CCOC2)c1. The van der Waals surface area contributed by atoms with Crippen LogP contribution in [0.4, 0.5) is 0 Å². The van der Waals surface area contributed by atoms with Crippen LogP contribution in [-0.2, 0) is 4.74 Å². The number of carbonyl (C=O) groups is 1. The van der Waals surface area contributed by atoms with E-state index in [9.17, 15) is 4.79 Å². The molecule has 1 amide bonds. The van der Waals surface area contributed by atoms with Crippen LogP contribution in [0.25, 0.3) is 0 Å². The molecule has 1 N–H and O–H groups in total.